The Morgan fingerprint density at radius 3 is 2.06 bits per heavy atom. The van der Waals surface area contributed by atoms with Crippen LogP contribution < -0.4 is 0 Å². The second kappa shape index (κ2) is 6.43. The molecule has 176 valence electrons. The summed E-state index contributed by atoms with van der Waals surface area (Å²) < 4.78 is 0. The Morgan fingerprint density at radius 1 is 0.677 bits per heavy atom. The molecule has 1 nitrogen and oxygen atoms in total. The largest absolute Gasteiger partial charge is 0.393 e. The van der Waals surface area contributed by atoms with E-state index in [1.165, 1.54) is 57.8 Å². The predicted molar refractivity (Wildman–Crippen MR) is 131 cm³/mol. The van der Waals surface area contributed by atoms with Gasteiger partial charge in [-0.2, -0.15) is 0 Å². The minimum Gasteiger partial charge on any atom is -0.393 e. The normalized spacial score (nSPS) is 55.2. The smallest absolute Gasteiger partial charge is 0.0594 e. The molecular weight excluding hydrogens is 376 g/mol. The standard InChI is InChI=1S/C30H50O/c1-25(2)15-16-27(5)17-18-29(7)20(21(27)19-25)9-10-23-28(6)13-12-24(31)26(3,4)22(28)11-14-30(23,29)8/h19-20,22-24,31H,9-18H2,1-8H3/t20-,22-,23+,24-,27-,28-,29+,30+/m0/s1. The topological polar surface area (TPSA) is 20.2 Å². The van der Waals surface area contributed by atoms with Crippen molar-refractivity contribution in [3.8, 4) is 0 Å². The molecule has 5 rings (SSSR count). The van der Waals surface area contributed by atoms with Crippen LogP contribution in [0, 0.1) is 50.2 Å². The second-order valence-corrected chi connectivity index (χ2v) is 15.1. The zero-order chi connectivity index (χ0) is 22.7. The van der Waals surface area contributed by atoms with Crippen LogP contribution >= 0.6 is 0 Å². The van der Waals surface area contributed by atoms with E-state index in [1.807, 2.05) is 5.57 Å². The van der Waals surface area contributed by atoms with Crippen LogP contribution in [0.15, 0.2) is 11.6 Å². The Hall–Kier alpha value is -0.300. The van der Waals surface area contributed by atoms with E-state index in [4.69, 9.17) is 0 Å². The fourth-order valence-electron chi connectivity index (χ4n) is 10.6. The fraction of sp³-hybridized carbons (Fsp3) is 0.933. The summed E-state index contributed by atoms with van der Waals surface area (Å²) in [5.74, 6) is 2.27. The summed E-state index contributed by atoms with van der Waals surface area (Å²) in [5, 5.41) is 10.9. The highest BCUT2D eigenvalue weighted by Crippen LogP contribution is 2.76. The molecule has 0 aromatic rings. The van der Waals surface area contributed by atoms with Crippen molar-refractivity contribution >= 4 is 0 Å². The molecule has 0 spiro atoms. The molecule has 31 heavy (non-hydrogen) atoms. The Labute approximate surface area is 192 Å². The average molecular weight is 427 g/mol. The highest BCUT2D eigenvalue weighted by atomic mass is 16.3. The monoisotopic (exact) mass is 426 g/mol. The van der Waals surface area contributed by atoms with Gasteiger partial charge < -0.3 is 5.11 Å². The number of aliphatic hydroxyl groups is 1. The lowest BCUT2D eigenvalue weighted by Gasteiger charge is -2.72. The molecule has 5 aliphatic rings. The van der Waals surface area contributed by atoms with Gasteiger partial charge in [-0.05, 0) is 114 Å². The minimum absolute atomic E-state index is 0.0626. The van der Waals surface area contributed by atoms with Crippen LogP contribution in [0.1, 0.15) is 120 Å². The molecular formula is C30H50O. The van der Waals surface area contributed by atoms with Crippen LogP contribution in [0.5, 0.6) is 0 Å². The van der Waals surface area contributed by atoms with Crippen LogP contribution in [0.25, 0.3) is 0 Å². The molecule has 5 aliphatic carbocycles. The number of aliphatic hydroxyl groups excluding tert-OH is 1. The van der Waals surface area contributed by atoms with E-state index < -0.39 is 0 Å². The molecule has 0 aromatic heterocycles. The van der Waals surface area contributed by atoms with Crippen LogP contribution in [-0.4, -0.2) is 11.2 Å². The van der Waals surface area contributed by atoms with E-state index in [-0.39, 0.29) is 11.5 Å². The van der Waals surface area contributed by atoms with Gasteiger partial charge in [0.15, 0.2) is 0 Å². The summed E-state index contributed by atoms with van der Waals surface area (Å²) in [6.45, 7) is 20.4. The van der Waals surface area contributed by atoms with Gasteiger partial charge in [0.2, 0.25) is 0 Å². The van der Waals surface area contributed by atoms with Crippen molar-refractivity contribution in [2.45, 2.75) is 126 Å². The first-order valence-corrected chi connectivity index (χ1v) is 13.6. The van der Waals surface area contributed by atoms with Gasteiger partial charge >= 0.3 is 0 Å². The minimum atomic E-state index is -0.119. The lowest BCUT2D eigenvalue weighted by molar-refractivity contribution is -0.228. The van der Waals surface area contributed by atoms with Crippen molar-refractivity contribution < 1.29 is 5.11 Å². The maximum atomic E-state index is 10.9. The maximum absolute atomic E-state index is 10.9. The summed E-state index contributed by atoms with van der Waals surface area (Å²) in [5.41, 5.74) is 4.02. The SMILES string of the molecule is CC1(C)C=C2[C@@H]3CC[C@@H]4[C@@]5(C)CC[C@H](O)C(C)(C)[C@@H]5CC[C@@]4(C)[C@]3(C)CC[C@]2(C)CC1. The van der Waals surface area contributed by atoms with Gasteiger partial charge in [-0.1, -0.05) is 67.0 Å². The molecule has 8 atom stereocenters. The molecule has 4 saturated carbocycles. The highest BCUT2D eigenvalue weighted by molar-refractivity contribution is 5.31. The summed E-state index contributed by atoms with van der Waals surface area (Å²) in [4.78, 5) is 0. The Bertz CT molecular complexity index is 790. The lowest BCUT2D eigenvalue weighted by atomic mass is 9.32. The van der Waals surface area contributed by atoms with Crippen molar-refractivity contribution in [1.29, 1.82) is 0 Å². The lowest BCUT2D eigenvalue weighted by Crippen LogP contribution is -2.65. The van der Waals surface area contributed by atoms with Crippen molar-refractivity contribution in [3.63, 3.8) is 0 Å². The quantitative estimate of drug-likeness (QED) is 0.387. The van der Waals surface area contributed by atoms with Gasteiger partial charge in [0, 0.05) is 0 Å². The zero-order valence-electron chi connectivity index (χ0n) is 21.9. The van der Waals surface area contributed by atoms with E-state index in [0.29, 0.717) is 33.0 Å². The van der Waals surface area contributed by atoms with Crippen molar-refractivity contribution in [2.75, 3.05) is 0 Å². The van der Waals surface area contributed by atoms with Crippen LogP contribution in [-0.2, 0) is 0 Å². The Kier molecular flexibility index (Phi) is 4.66. The number of rotatable bonds is 0. The molecule has 0 radical (unpaired) electrons. The maximum Gasteiger partial charge on any atom is 0.0594 e. The Balaban J connectivity index is 1.56. The first-order chi connectivity index (χ1) is 14.2. The Morgan fingerprint density at radius 2 is 1.35 bits per heavy atom. The van der Waals surface area contributed by atoms with Crippen molar-refractivity contribution in [2.24, 2.45) is 50.2 Å². The van der Waals surface area contributed by atoms with E-state index >= 15 is 0 Å². The number of allylic oxidation sites excluding steroid dienone is 2. The van der Waals surface area contributed by atoms with E-state index in [0.717, 1.165) is 18.3 Å². The second-order valence-electron chi connectivity index (χ2n) is 15.1. The molecule has 0 unspecified atom stereocenters. The third-order valence-corrected chi connectivity index (χ3v) is 13.0. The summed E-state index contributed by atoms with van der Waals surface area (Å²) in [6, 6.07) is 0. The van der Waals surface area contributed by atoms with Gasteiger partial charge in [0.05, 0.1) is 6.10 Å². The molecule has 0 bridgehead atoms. The van der Waals surface area contributed by atoms with Gasteiger partial charge in [-0.3, -0.25) is 0 Å². The average Bonchev–Trinajstić information content (AvgIpc) is 2.67. The molecule has 1 N–H and O–H groups in total. The number of fused-ring (bicyclic) bond motifs is 7. The van der Waals surface area contributed by atoms with Crippen molar-refractivity contribution in [3.05, 3.63) is 11.6 Å². The summed E-state index contributed by atoms with van der Waals surface area (Å²) in [7, 11) is 0. The summed E-state index contributed by atoms with van der Waals surface area (Å²) in [6.07, 6.45) is 15.9. The number of hydrogen-bond donors (Lipinski definition) is 1. The molecule has 4 fully saturated rings. The molecule has 0 aliphatic heterocycles. The highest BCUT2D eigenvalue weighted by Gasteiger charge is 2.68. The van der Waals surface area contributed by atoms with Crippen LogP contribution in [0.4, 0.5) is 0 Å². The predicted octanol–water partition coefficient (Wildman–Crippen LogP) is 8.17. The number of hydrogen-bond acceptors (Lipinski definition) is 1. The fourth-order valence-corrected chi connectivity index (χ4v) is 10.6. The van der Waals surface area contributed by atoms with E-state index in [9.17, 15) is 5.11 Å². The van der Waals surface area contributed by atoms with E-state index in [1.54, 1.807) is 0 Å². The first kappa shape index (κ1) is 22.5. The molecule has 0 amide bonds. The summed E-state index contributed by atoms with van der Waals surface area (Å²) >= 11 is 0. The molecule has 0 saturated heterocycles. The molecule has 1 heteroatoms. The first-order valence-electron chi connectivity index (χ1n) is 13.6. The van der Waals surface area contributed by atoms with Crippen LogP contribution in [0.2, 0.25) is 0 Å². The van der Waals surface area contributed by atoms with Gasteiger partial charge in [-0.15, -0.1) is 0 Å². The third-order valence-electron chi connectivity index (χ3n) is 13.0. The van der Waals surface area contributed by atoms with E-state index in [2.05, 4.69) is 61.5 Å². The molecule has 0 heterocycles. The third kappa shape index (κ3) is 2.77. The van der Waals surface area contributed by atoms with Gasteiger partial charge in [0.1, 0.15) is 0 Å². The van der Waals surface area contributed by atoms with Crippen LogP contribution in [0.3, 0.4) is 0 Å². The van der Waals surface area contributed by atoms with Gasteiger partial charge in [-0.25, -0.2) is 0 Å². The molecule has 0 aromatic carbocycles. The van der Waals surface area contributed by atoms with Gasteiger partial charge in [0.25, 0.3) is 0 Å². The zero-order valence-corrected chi connectivity index (χ0v) is 21.9. The van der Waals surface area contributed by atoms with Crippen molar-refractivity contribution in [1.82, 2.24) is 0 Å².